The first-order valence-electron chi connectivity index (χ1n) is 7.54. The summed E-state index contributed by atoms with van der Waals surface area (Å²) in [4.78, 5) is 23.6. The molecule has 2 rings (SSSR count). The lowest BCUT2D eigenvalue weighted by Gasteiger charge is -2.12. The second kappa shape index (κ2) is 8.37. The maximum Gasteiger partial charge on any atom is 0.417 e. The number of carbonyl (C=O) groups is 2. The molecule has 2 aromatic carbocycles. The molecule has 0 spiro atoms. The van der Waals surface area contributed by atoms with Gasteiger partial charge in [-0.25, -0.2) is 4.79 Å². The Labute approximate surface area is 147 Å². The monoisotopic (exact) mass is 367 g/mol. The van der Waals surface area contributed by atoms with E-state index in [2.05, 4.69) is 10.1 Å². The van der Waals surface area contributed by atoms with Gasteiger partial charge in [0.1, 0.15) is 5.75 Å². The van der Waals surface area contributed by atoms with Crippen LogP contribution in [-0.2, 0) is 22.3 Å². The number of halogens is 3. The number of amides is 1. The van der Waals surface area contributed by atoms with Gasteiger partial charge in [-0.15, -0.1) is 0 Å². The van der Waals surface area contributed by atoms with Crippen molar-refractivity contribution in [2.24, 2.45) is 0 Å². The van der Waals surface area contributed by atoms with Crippen molar-refractivity contribution in [2.45, 2.75) is 12.7 Å². The number of alkyl halides is 3. The Balaban J connectivity index is 1.90. The highest BCUT2D eigenvalue weighted by atomic mass is 19.4. The molecule has 0 atom stereocenters. The summed E-state index contributed by atoms with van der Waals surface area (Å²) in [6, 6.07) is 11.2. The lowest BCUT2D eigenvalue weighted by molar-refractivity contribution is -0.138. The Kier molecular flexibility index (Phi) is 6.21. The smallest absolute Gasteiger partial charge is 0.417 e. The third-order valence-corrected chi connectivity index (χ3v) is 3.41. The van der Waals surface area contributed by atoms with Gasteiger partial charge in [-0.3, -0.25) is 4.79 Å². The van der Waals surface area contributed by atoms with E-state index >= 15 is 0 Å². The fraction of sp³-hybridized carbons (Fsp3) is 0.222. The van der Waals surface area contributed by atoms with Gasteiger partial charge in [0.25, 0.3) is 5.91 Å². The van der Waals surface area contributed by atoms with Gasteiger partial charge in [0.05, 0.1) is 18.2 Å². The van der Waals surface area contributed by atoms with E-state index in [9.17, 15) is 22.8 Å². The summed E-state index contributed by atoms with van der Waals surface area (Å²) in [6.45, 7) is -0.526. The second-order valence-electron chi connectivity index (χ2n) is 5.25. The molecule has 1 N–H and O–H groups in total. The Hall–Kier alpha value is -3.03. The fourth-order valence-electron chi connectivity index (χ4n) is 2.15. The minimum absolute atomic E-state index is 0.159. The van der Waals surface area contributed by atoms with E-state index in [1.54, 1.807) is 24.3 Å². The van der Waals surface area contributed by atoms with Gasteiger partial charge < -0.3 is 14.8 Å². The summed E-state index contributed by atoms with van der Waals surface area (Å²) in [5, 5.41) is 2.51. The number of hydrogen-bond acceptors (Lipinski definition) is 4. The molecule has 2 aromatic rings. The molecule has 1 amide bonds. The predicted molar refractivity (Wildman–Crippen MR) is 86.6 cm³/mol. The van der Waals surface area contributed by atoms with Gasteiger partial charge in [-0.2, -0.15) is 13.2 Å². The third-order valence-electron chi connectivity index (χ3n) is 3.41. The molecule has 0 heterocycles. The number of ether oxygens (including phenoxy) is 2. The van der Waals surface area contributed by atoms with Crippen LogP contribution in [0.2, 0.25) is 0 Å². The minimum atomic E-state index is -4.69. The van der Waals surface area contributed by atoms with Crippen LogP contribution in [0.3, 0.4) is 0 Å². The van der Waals surface area contributed by atoms with Crippen molar-refractivity contribution in [1.82, 2.24) is 5.32 Å². The zero-order valence-electron chi connectivity index (χ0n) is 13.8. The van der Waals surface area contributed by atoms with Crippen LogP contribution in [0.5, 0.6) is 5.75 Å². The Morgan fingerprint density at radius 1 is 1.08 bits per heavy atom. The Morgan fingerprint density at radius 2 is 1.81 bits per heavy atom. The van der Waals surface area contributed by atoms with Gasteiger partial charge in [0.15, 0.2) is 6.61 Å². The number of benzene rings is 2. The average Bonchev–Trinajstić information content (AvgIpc) is 2.64. The van der Waals surface area contributed by atoms with E-state index in [1.165, 1.54) is 19.2 Å². The maximum absolute atomic E-state index is 12.9. The van der Waals surface area contributed by atoms with Crippen molar-refractivity contribution < 1.29 is 32.2 Å². The molecule has 138 valence electrons. The van der Waals surface area contributed by atoms with Crippen molar-refractivity contribution >= 4 is 11.9 Å². The van der Waals surface area contributed by atoms with Gasteiger partial charge in [0.2, 0.25) is 0 Å². The van der Waals surface area contributed by atoms with Crippen LogP contribution in [0.1, 0.15) is 21.5 Å². The number of hydrogen-bond donors (Lipinski definition) is 1. The summed E-state index contributed by atoms with van der Waals surface area (Å²) in [7, 11) is 1.51. The van der Waals surface area contributed by atoms with Crippen LogP contribution in [0.25, 0.3) is 0 Å². The van der Waals surface area contributed by atoms with Crippen molar-refractivity contribution in [1.29, 1.82) is 0 Å². The number of methoxy groups -OCH3 is 1. The van der Waals surface area contributed by atoms with Gasteiger partial charge in [-0.1, -0.05) is 24.3 Å². The zero-order chi connectivity index (χ0) is 19.2. The molecular weight excluding hydrogens is 351 g/mol. The highest BCUT2D eigenvalue weighted by molar-refractivity contribution is 5.93. The molecule has 0 aliphatic rings. The molecule has 0 aliphatic carbocycles. The molecule has 0 saturated heterocycles. The normalized spacial score (nSPS) is 10.9. The maximum atomic E-state index is 12.9. The van der Waals surface area contributed by atoms with Gasteiger partial charge >= 0.3 is 12.1 Å². The molecule has 26 heavy (non-hydrogen) atoms. The molecule has 0 radical (unpaired) electrons. The van der Waals surface area contributed by atoms with Crippen molar-refractivity contribution in [3.63, 3.8) is 0 Å². The van der Waals surface area contributed by atoms with Crippen LogP contribution < -0.4 is 10.1 Å². The van der Waals surface area contributed by atoms with Crippen molar-refractivity contribution in [3.05, 3.63) is 65.2 Å². The van der Waals surface area contributed by atoms with E-state index in [1.807, 2.05) is 0 Å². The van der Waals surface area contributed by atoms with Gasteiger partial charge in [-0.05, 0) is 29.8 Å². The lowest BCUT2D eigenvalue weighted by atomic mass is 10.1. The highest BCUT2D eigenvalue weighted by Gasteiger charge is 2.35. The molecule has 0 saturated carbocycles. The Bertz CT molecular complexity index is 790. The number of carbonyl (C=O) groups excluding carboxylic acids is 2. The Morgan fingerprint density at radius 3 is 2.50 bits per heavy atom. The largest absolute Gasteiger partial charge is 0.497 e. The molecule has 8 heteroatoms. The molecule has 0 fully saturated rings. The fourth-order valence-corrected chi connectivity index (χ4v) is 2.15. The van der Waals surface area contributed by atoms with E-state index in [0.717, 1.165) is 17.7 Å². The molecule has 0 aromatic heterocycles. The number of esters is 1. The van der Waals surface area contributed by atoms with E-state index < -0.39 is 35.8 Å². The van der Waals surface area contributed by atoms with E-state index in [-0.39, 0.29) is 6.54 Å². The second-order valence-corrected chi connectivity index (χ2v) is 5.25. The van der Waals surface area contributed by atoms with Crippen LogP contribution >= 0.6 is 0 Å². The average molecular weight is 367 g/mol. The van der Waals surface area contributed by atoms with Crippen molar-refractivity contribution in [2.75, 3.05) is 13.7 Å². The van der Waals surface area contributed by atoms with Crippen LogP contribution in [-0.4, -0.2) is 25.6 Å². The first-order chi connectivity index (χ1) is 12.3. The molecule has 0 bridgehead atoms. The minimum Gasteiger partial charge on any atom is -0.497 e. The molecule has 0 unspecified atom stereocenters. The molecular formula is C18H16F3NO4. The predicted octanol–water partition coefficient (Wildman–Crippen LogP) is 3.19. The summed E-state index contributed by atoms with van der Waals surface area (Å²) in [5.74, 6) is -1.23. The first kappa shape index (κ1) is 19.3. The first-order valence-corrected chi connectivity index (χ1v) is 7.54. The van der Waals surface area contributed by atoms with Gasteiger partial charge in [0, 0.05) is 6.54 Å². The zero-order valence-corrected chi connectivity index (χ0v) is 13.8. The highest BCUT2D eigenvalue weighted by Crippen LogP contribution is 2.32. The molecule has 0 aliphatic heterocycles. The summed E-state index contributed by atoms with van der Waals surface area (Å²) >= 11 is 0. The topological polar surface area (TPSA) is 64.6 Å². The quantitative estimate of drug-likeness (QED) is 0.797. The standard InChI is InChI=1S/C18H16F3NO4/c1-25-13-6-4-5-12(9-13)10-22-16(23)11-26-17(24)14-7-2-3-8-15(14)18(19,20)21/h2-9H,10-11H2,1H3,(H,22,23). The third kappa shape index (κ3) is 5.23. The lowest BCUT2D eigenvalue weighted by Crippen LogP contribution is -2.28. The van der Waals surface area contributed by atoms with E-state index in [4.69, 9.17) is 4.74 Å². The van der Waals surface area contributed by atoms with Crippen LogP contribution in [0.15, 0.2) is 48.5 Å². The number of nitrogens with one attached hydrogen (secondary N) is 1. The number of rotatable bonds is 6. The SMILES string of the molecule is COc1cccc(CNC(=O)COC(=O)c2ccccc2C(F)(F)F)c1. The summed E-state index contributed by atoms with van der Waals surface area (Å²) in [6.07, 6.45) is -4.69. The molecule has 5 nitrogen and oxygen atoms in total. The van der Waals surface area contributed by atoms with Crippen LogP contribution in [0, 0.1) is 0 Å². The van der Waals surface area contributed by atoms with Crippen molar-refractivity contribution in [3.8, 4) is 5.75 Å². The summed E-state index contributed by atoms with van der Waals surface area (Å²) < 4.78 is 48.4. The van der Waals surface area contributed by atoms with Crippen LogP contribution in [0.4, 0.5) is 13.2 Å². The van der Waals surface area contributed by atoms with E-state index in [0.29, 0.717) is 5.75 Å². The summed E-state index contributed by atoms with van der Waals surface area (Å²) in [5.41, 5.74) is -0.992.